The maximum absolute atomic E-state index is 2.38. The largest absolute Gasteiger partial charge is 1.00 e. The van der Waals surface area contributed by atoms with Crippen molar-refractivity contribution in [1.29, 1.82) is 0 Å². The van der Waals surface area contributed by atoms with Crippen LogP contribution in [0.15, 0.2) is 0 Å². The van der Waals surface area contributed by atoms with Gasteiger partial charge < -0.3 is 8.58 Å². The van der Waals surface area contributed by atoms with Crippen LogP contribution in [-0.4, -0.2) is 22.9 Å². The Kier molecular flexibility index (Phi) is 11.3. The third-order valence-electron chi connectivity index (χ3n) is 1.94. The summed E-state index contributed by atoms with van der Waals surface area (Å²) in [6.07, 6.45) is 0. The van der Waals surface area contributed by atoms with Crippen LogP contribution in [0.1, 0.15) is 41.5 Å². The molecule has 74 valence electrons. The second kappa shape index (κ2) is 8.74. The molecule has 0 rings (SSSR count). The normalized spacial score (nSPS) is 12.5. The van der Waals surface area contributed by atoms with E-state index in [4.69, 9.17) is 0 Å². The Morgan fingerprint density at radius 3 is 1.54 bits per heavy atom. The van der Waals surface area contributed by atoms with Crippen LogP contribution in [0, 0.1) is 0 Å². The molecule has 0 aliphatic heterocycles. The zero-order chi connectivity index (χ0) is 9.72. The molecule has 0 nitrogen and oxygen atoms in total. The Balaban J connectivity index is 0. The van der Waals surface area contributed by atoms with Gasteiger partial charge in [0.2, 0.25) is 0 Å². The van der Waals surface area contributed by atoms with E-state index in [2.05, 4.69) is 41.5 Å². The first-order chi connectivity index (χ1) is 5.45. The van der Waals surface area contributed by atoms with Gasteiger partial charge in [-0.15, -0.1) is 7.92 Å². The van der Waals surface area contributed by atoms with Crippen LogP contribution in [0.4, 0.5) is 0 Å². The average Bonchev–Trinajstić information content (AvgIpc) is 1.84. The molecule has 3 heteroatoms. The maximum atomic E-state index is 2.38. The van der Waals surface area contributed by atoms with Crippen molar-refractivity contribution in [2.75, 3.05) is 5.90 Å². The molecule has 0 fully saturated rings. The summed E-state index contributed by atoms with van der Waals surface area (Å²) in [6.45, 7) is 14.1. The summed E-state index contributed by atoms with van der Waals surface area (Å²) >= 11 is 0. The quantitative estimate of drug-likeness (QED) is 0.479. The van der Waals surface area contributed by atoms with Crippen molar-refractivity contribution >= 4 is 16.5 Å². The predicted octanol–water partition coefficient (Wildman–Crippen LogP) is 1.60. The van der Waals surface area contributed by atoms with Gasteiger partial charge in [-0.25, -0.2) is 0 Å². The summed E-state index contributed by atoms with van der Waals surface area (Å²) in [4.78, 5) is 0. The van der Waals surface area contributed by atoms with Gasteiger partial charge >= 0.3 is 18.9 Å². The van der Waals surface area contributed by atoms with E-state index in [0.29, 0.717) is 0 Å². The summed E-state index contributed by atoms with van der Waals surface area (Å²) in [5.74, 6) is 1.45. The van der Waals surface area contributed by atoms with E-state index in [0.717, 1.165) is 17.0 Å². The van der Waals surface area contributed by atoms with Crippen LogP contribution in [0.3, 0.4) is 0 Å². The molecule has 0 heterocycles. The van der Waals surface area contributed by atoms with Gasteiger partial charge in [-0.1, -0.05) is 41.5 Å². The molecule has 0 aromatic heterocycles. The summed E-state index contributed by atoms with van der Waals surface area (Å²) < 4.78 is 0. The van der Waals surface area contributed by atoms with Crippen LogP contribution in [0.25, 0.3) is 0 Å². The van der Waals surface area contributed by atoms with Gasteiger partial charge in [-0.2, -0.15) is 11.6 Å². The van der Waals surface area contributed by atoms with Crippen molar-refractivity contribution < 1.29 is 18.9 Å². The Bertz CT molecular complexity index is 105. The van der Waals surface area contributed by atoms with E-state index in [9.17, 15) is 0 Å². The van der Waals surface area contributed by atoms with Crippen LogP contribution >= 0.6 is 16.5 Å². The summed E-state index contributed by atoms with van der Waals surface area (Å²) in [5, 5.41) is 0. The first-order valence-corrected chi connectivity index (χ1v) is 7.69. The van der Waals surface area contributed by atoms with Crippen molar-refractivity contribution in [3.05, 3.63) is 0 Å². The van der Waals surface area contributed by atoms with Gasteiger partial charge in [-0.3, -0.25) is 0 Å². The third-order valence-corrected chi connectivity index (χ3v) is 7.28. The Morgan fingerprint density at radius 1 is 0.923 bits per heavy atom. The molecule has 0 atom stereocenters. The van der Waals surface area contributed by atoms with Gasteiger partial charge in [0.05, 0.1) is 0 Å². The van der Waals surface area contributed by atoms with Crippen molar-refractivity contribution in [2.24, 2.45) is 0 Å². The number of hydrogen-bond donors (Lipinski definition) is 0. The number of hydrogen-bond acceptors (Lipinski definition) is 0. The van der Waals surface area contributed by atoms with Crippen molar-refractivity contribution in [3.63, 3.8) is 0 Å². The second-order valence-electron chi connectivity index (χ2n) is 4.12. The van der Waals surface area contributed by atoms with E-state index in [1.54, 1.807) is 8.58 Å². The van der Waals surface area contributed by atoms with Crippen molar-refractivity contribution in [1.82, 2.24) is 0 Å². The molecule has 0 spiro atoms. The molecule has 0 saturated carbocycles. The van der Waals surface area contributed by atoms with E-state index in [1.807, 2.05) is 0 Å². The third kappa shape index (κ3) is 8.45. The van der Waals surface area contributed by atoms with E-state index < -0.39 is 0 Å². The average molecular weight is 212 g/mol. The van der Waals surface area contributed by atoms with Crippen molar-refractivity contribution in [2.45, 2.75) is 58.5 Å². The monoisotopic (exact) mass is 212 g/mol. The van der Waals surface area contributed by atoms with Gasteiger partial charge in [-0.05, 0) is 11.3 Å². The first-order valence-electron chi connectivity index (χ1n) is 4.87. The zero-order valence-electron chi connectivity index (χ0n) is 10.3. The van der Waals surface area contributed by atoms with Crippen LogP contribution in [-0.2, 0) is 0 Å². The molecule has 0 radical (unpaired) electrons. The summed E-state index contributed by atoms with van der Waals surface area (Å²) in [5.41, 5.74) is 2.67. The summed E-state index contributed by atoms with van der Waals surface area (Å²) in [7, 11) is 1.93. The molecule has 13 heavy (non-hydrogen) atoms. The molecule has 0 aliphatic carbocycles. The molecule has 0 aromatic rings. The van der Waals surface area contributed by atoms with Crippen molar-refractivity contribution in [3.8, 4) is 0 Å². The maximum Gasteiger partial charge on any atom is 1.00 e. The molecule has 0 amide bonds. The van der Waals surface area contributed by atoms with Gasteiger partial charge in [0.15, 0.2) is 0 Å². The van der Waals surface area contributed by atoms with Gasteiger partial charge in [0.1, 0.15) is 0 Å². The standard InChI is InChI=1S/C10H23P2.Li/c1-8(2)11-7-12(9(3)4)10(5)6;/h8-10H,7H2,1-6H3;/q-1;+1. The fourth-order valence-corrected chi connectivity index (χ4v) is 7.05. The molecule has 0 saturated heterocycles. The second-order valence-corrected chi connectivity index (χ2v) is 9.74. The minimum atomic E-state index is 0. The molecule has 0 unspecified atom stereocenters. The van der Waals surface area contributed by atoms with Crippen LogP contribution in [0.2, 0.25) is 0 Å². The topological polar surface area (TPSA) is 0 Å². The van der Waals surface area contributed by atoms with Gasteiger partial charge in [0, 0.05) is 0 Å². The molecule has 0 N–H and O–H groups in total. The minimum absolute atomic E-state index is 0. The zero-order valence-corrected chi connectivity index (χ0v) is 12.1. The molecule has 0 aliphatic rings. The van der Waals surface area contributed by atoms with E-state index >= 15 is 0 Å². The first kappa shape index (κ1) is 16.9. The fourth-order valence-electron chi connectivity index (χ4n) is 1.18. The predicted molar refractivity (Wildman–Crippen MR) is 64.1 cm³/mol. The Morgan fingerprint density at radius 2 is 1.31 bits per heavy atom. The van der Waals surface area contributed by atoms with E-state index in [1.165, 1.54) is 5.90 Å². The van der Waals surface area contributed by atoms with Crippen LogP contribution in [0.5, 0.6) is 0 Å². The SMILES string of the molecule is CC(C)[P-]CP(C(C)C)C(C)C.[Li+]. The molecular weight excluding hydrogens is 189 g/mol. The molecular formula is C10H23LiP2. The number of rotatable bonds is 5. The fraction of sp³-hybridized carbons (Fsp3) is 1.00. The molecule has 0 bridgehead atoms. The minimum Gasteiger partial charge on any atom is -0.532 e. The van der Waals surface area contributed by atoms with E-state index in [-0.39, 0.29) is 26.8 Å². The Labute approximate surface area is 99.7 Å². The summed E-state index contributed by atoms with van der Waals surface area (Å²) in [6, 6.07) is 0. The molecule has 0 aromatic carbocycles. The van der Waals surface area contributed by atoms with Crippen LogP contribution < -0.4 is 18.9 Å². The Hall–Kier alpha value is 1.46. The smallest absolute Gasteiger partial charge is 0.532 e. The van der Waals surface area contributed by atoms with Gasteiger partial charge in [0.25, 0.3) is 0 Å².